The summed E-state index contributed by atoms with van der Waals surface area (Å²) in [5, 5.41) is 2.07. The van der Waals surface area contributed by atoms with Gasteiger partial charge in [-0.25, -0.2) is 4.98 Å². The van der Waals surface area contributed by atoms with Gasteiger partial charge >= 0.3 is 0 Å². The average molecular weight is 806 g/mol. The summed E-state index contributed by atoms with van der Waals surface area (Å²) in [5.41, 5.74) is 11.1. The predicted octanol–water partition coefficient (Wildman–Crippen LogP) is 11.2. The van der Waals surface area contributed by atoms with Gasteiger partial charge in [0.05, 0.1) is 11.3 Å². The third kappa shape index (κ3) is 7.04. The van der Waals surface area contributed by atoms with Crippen LogP contribution in [0.15, 0.2) is 114 Å². The van der Waals surface area contributed by atoms with E-state index >= 15 is 0 Å². The van der Waals surface area contributed by atoms with Crippen LogP contribution in [0.3, 0.4) is 0 Å². The van der Waals surface area contributed by atoms with E-state index in [1.165, 1.54) is 41.5 Å². The Morgan fingerprint density at radius 3 is 2.12 bits per heavy atom. The maximum atomic E-state index is 6.37. The average Bonchev–Trinajstić information content (AvgIpc) is 3.47. The van der Waals surface area contributed by atoms with Gasteiger partial charge < -0.3 is 14.4 Å². The molecule has 4 heterocycles. The summed E-state index contributed by atoms with van der Waals surface area (Å²) >= 11 is 0. The first-order valence-corrected chi connectivity index (χ1v) is 16.6. The van der Waals surface area contributed by atoms with E-state index in [0.29, 0.717) is 11.6 Å². The van der Waals surface area contributed by atoms with Crippen LogP contribution < -0.4 is 0 Å². The van der Waals surface area contributed by atoms with E-state index in [0.717, 1.165) is 56.4 Å². The number of aryl methyl sites for hydroxylation is 2. The molecule has 2 unspecified atom stereocenters. The number of benzene rings is 3. The molecule has 0 spiro atoms. The van der Waals surface area contributed by atoms with E-state index in [-0.39, 0.29) is 20.1 Å². The molecule has 0 N–H and O–H groups in total. The maximum Gasteiger partial charge on any atom is 0.216 e. The Balaban J connectivity index is 0.000000260. The molecule has 0 saturated heterocycles. The predicted molar refractivity (Wildman–Crippen MR) is 192 cm³/mol. The van der Waals surface area contributed by atoms with Crippen molar-refractivity contribution in [3.05, 3.63) is 138 Å². The van der Waals surface area contributed by atoms with Gasteiger partial charge in [0.15, 0.2) is 0 Å². The molecule has 4 aromatic heterocycles. The summed E-state index contributed by atoms with van der Waals surface area (Å²) in [4.78, 5) is 14.0. The van der Waals surface area contributed by atoms with E-state index in [9.17, 15) is 0 Å². The van der Waals surface area contributed by atoms with Gasteiger partial charge in [-0.15, -0.1) is 54.1 Å². The second-order valence-corrected chi connectivity index (χ2v) is 13.1. The van der Waals surface area contributed by atoms with Gasteiger partial charge in [0, 0.05) is 43.4 Å². The molecule has 48 heavy (non-hydrogen) atoms. The van der Waals surface area contributed by atoms with Crippen LogP contribution in [0, 0.1) is 37.8 Å². The summed E-state index contributed by atoms with van der Waals surface area (Å²) < 4.78 is 6.37. The van der Waals surface area contributed by atoms with Crippen molar-refractivity contribution in [2.75, 3.05) is 0 Å². The standard InChI is InChI=1S/C32H31N2O.C11H8N.Ir/c1-19-15-20(2)17-24(16-19)23-11-13-28(33-18-23)27-10-6-9-25-26-12-14-29(34-32(26)35-31(25)27)30-21(3)7-5-8-22(30)4;1-2-6-10(7-3-1)11-8-4-5-9-12-11;/h5-9,11-14,18-20,24H,15-17H2,1-4H3;1-6,8-9H;/q2*-1;. The van der Waals surface area contributed by atoms with Gasteiger partial charge in [0.2, 0.25) is 5.71 Å². The van der Waals surface area contributed by atoms with Crippen LogP contribution >= 0.6 is 0 Å². The molecule has 1 fully saturated rings. The summed E-state index contributed by atoms with van der Waals surface area (Å²) in [6.07, 6.45) is 7.70. The minimum atomic E-state index is 0. The minimum absolute atomic E-state index is 0. The fraction of sp³-hybridized carbons (Fsp3) is 0.233. The first-order chi connectivity index (χ1) is 22.9. The smallest absolute Gasteiger partial charge is 0.216 e. The Morgan fingerprint density at radius 2 is 1.44 bits per heavy atom. The van der Waals surface area contributed by atoms with Crippen LogP contribution in [0.5, 0.6) is 0 Å². The first kappa shape index (κ1) is 33.5. The van der Waals surface area contributed by atoms with E-state index in [1.54, 1.807) is 6.20 Å². The number of hydrogen-bond donors (Lipinski definition) is 0. The Morgan fingerprint density at radius 1 is 0.667 bits per heavy atom. The van der Waals surface area contributed by atoms with Crippen molar-refractivity contribution in [3.63, 3.8) is 0 Å². The molecule has 1 aliphatic carbocycles. The Hall–Kier alpha value is -4.44. The summed E-state index contributed by atoms with van der Waals surface area (Å²) in [6.45, 7) is 9.01. The van der Waals surface area contributed by atoms with Crippen LogP contribution in [0.4, 0.5) is 0 Å². The molecule has 8 rings (SSSR count). The second-order valence-electron chi connectivity index (χ2n) is 13.1. The summed E-state index contributed by atoms with van der Waals surface area (Å²) in [7, 11) is 0. The Bertz CT molecular complexity index is 2060. The van der Waals surface area contributed by atoms with Crippen LogP contribution in [-0.4, -0.2) is 15.0 Å². The zero-order valence-electron chi connectivity index (χ0n) is 27.8. The van der Waals surface area contributed by atoms with Crippen molar-refractivity contribution >= 4 is 22.1 Å². The van der Waals surface area contributed by atoms with Gasteiger partial charge in [0.1, 0.15) is 0 Å². The number of pyridine rings is 3. The van der Waals surface area contributed by atoms with E-state index in [4.69, 9.17) is 14.4 Å². The molecule has 0 bridgehead atoms. The van der Waals surface area contributed by atoms with Crippen molar-refractivity contribution in [3.8, 4) is 33.8 Å². The molecule has 2 atom stereocenters. The number of furan rings is 1. The molecule has 0 amide bonds. The SMILES string of the molecule is Cc1cccc(C)c1-c1ccc2c(n1)oc1c(-c3ccc(C4CC(C)CC(C)C4)cn3)[c-]ccc12.[Ir].[c-]1ccccc1-c1ccccn1. The van der Waals surface area contributed by atoms with E-state index < -0.39 is 0 Å². The second kappa shape index (κ2) is 14.8. The molecular weight excluding hydrogens is 767 g/mol. The fourth-order valence-electron chi connectivity index (χ4n) is 7.26. The van der Waals surface area contributed by atoms with Crippen molar-refractivity contribution in [2.24, 2.45) is 11.8 Å². The molecule has 243 valence electrons. The van der Waals surface area contributed by atoms with Gasteiger partial charge in [-0.05, 0) is 97.1 Å². The van der Waals surface area contributed by atoms with Crippen LogP contribution in [0.1, 0.15) is 55.7 Å². The third-order valence-electron chi connectivity index (χ3n) is 9.38. The van der Waals surface area contributed by atoms with Crippen LogP contribution in [-0.2, 0) is 20.1 Å². The van der Waals surface area contributed by atoms with Crippen molar-refractivity contribution in [1.82, 2.24) is 15.0 Å². The van der Waals surface area contributed by atoms with Gasteiger partial charge in [0.25, 0.3) is 0 Å². The normalized spacial score (nSPS) is 17.4. The maximum absolute atomic E-state index is 6.37. The number of nitrogens with zero attached hydrogens (tertiary/aromatic N) is 3. The molecule has 4 nitrogen and oxygen atoms in total. The molecule has 3 aromatic carbocycles. The third-order valence-corrected chi connectivity index (χ3v) is 9.38. The largest absolute Gasteiger partial charge is 0.486 e. The zero-order chi connectivity index (χ0) is 32.3. The Labute approximate surface area is 297 Å². The van der Waals surface area contributed by atoms with Crippen LogP contribution in [0.2, 0.25) is 0 Å². The topological polar surface area (TPSA) is 51.8 Å². The number of fused-ring (bicyclic) bond motifs is 3. The van der Waals surface area contributed by atoms with Gasteiger partial charge in [-0.3, -0.25) is 0 Å². The van der Waals surface area contributed by atoms with Crippen LogP contribution in [0.25, 0.3) is 55.8 Å². The fourth-order valence-corrected chi connectivity index (χ4v) is 7.26. The van der Waals surface area contributed by atoms with Crippen molar-refractivity contribution < 1.29 is 24.5 Å². The van der Waals surface area contributed by atoms with Crippen molar-refractivity contribution in [2.45, 2.75) is 52.9 Å². The molecule has 1 radical (unpaired) electrons. The summed E-state index contributed by atoms with van der Waals surface area (Å²) in [6, 6.07) is 39.2. The number of aromatic nitrogens is 3. The summed E-state index contributed by atoms with van der Waals surface area (Å²) in [5.74, 6) is 2.16. The quantitative estimate of drug-likeness (QED) is 0.166. The van der Waals surface area contributed by atoms with Crippen molar-refractivity contribution in [1.29, 1.82) is 0 Å². The van der Waals surface area contributed by atoms with E-state index in [1.807, 2.05) is 48.5 Å². The molecule has 1 aliphatic rings. The molecular formula is C43H39IrN3O-2. The first-order valence-electron chi connectivity index (χ1n) is 16.6. The zero-order valence-corrected chi connectivity index (χ0v) is 30.2. The molecule has 5 heteroatoms. The monoisotopic (exact) mass is 806 g/mol. The molecule has 7 aromatic rings. The van der Waals surface area contributed by atoms with Gasteiger partial charge in [-0.1, -0.05) is 67.3 Å². The number of rotatable bonds is 4. The van der Waals surface area contributed by atoms with E-state index in [2.05, 4.69) is 99.5 Å². The molecule has 0 aliphatic heterocycles. The molecule has 1 saturated carbocycles. The Kier molecular flexibility index (Phi) is 10.3. The number of hydrogen-bond acceptors (Lipinski definition) is 4. The minimum Gasteiger partial charge on any atom is -0.486 e. The van der Waals surface area contributed by atoms with Gasteiger partial charge in [-0.2, -0.15) is 0 Å².